The molecule has 28 heavy (non-hydrogen) atoms. The average molecular weight is 380 g/mol. The number of amides is 2. The summed E-state index contributed by atoms with van der Waals surface area (Å²) in [4.78, 5) is 18.6. The first kappa shape index (κ1) is 16.8. The van der Waals surface area contributed by atoms with Crippen LogP contribution >= 0.6 is 0 Å². The van der Waals surface area contributed by atoms with Gasteiger partial charge in [-0.25, -0.2) is 9.48 Å². The molecular formula is C18H20N8O2. The van der Waals surface area contributed by atoms with Gasteiger partial charge in [0.05, 0.1) is 12.0 Å². The monoisotopic (exact) mass is 380 g/mol. The maximum absolute atomic E-state index is 12.6. The SMILES string of the molecule is Cc1noc(C2CCN(C(=O)Nc3ccc(-c4nnnn4C4CC4)cc3)C2)n1. The Morgan fingerprint density at radius 2 is 2.04 bits per heavy atom. The largest absolute Gasteiger partial charge is 0.339 e. The van der Waals surface area contributed by atoms with Gasteiger partial charge in [0.15, 0.2) is 11.6 Å². The van der Waals surface area contributed by atoms with E-state index in [0.29, 0.717) is 30.8 Å². The molecule has 10 heteroatoms. The van der Waals surface area contributed by atoms with Crippen molar-refractivity contribution < 1.29 is 9.32 Å². The van der Waals surface area contributed by atoms with E-state index in [9.17, 15) is 4.79 Å². The number of benzene rings is 1. The lowest BCUT2D eigenvalue weighted by Crippen LogP contribution is -2.32. The van der Waals surface area contributed by atoms with Crippen LogP contribution in [0.5, 0.6) is 0 Å². The standard InChI is InChI=1S/C18H20N8O2/c1-11-19-17(28-22-11)13-8-9-25(10-13)18(27)20-14-4-2-12(3-5-14)16-21-23-24-26(16)15-6-7-15/h2-5,13,15H,6-10H2,1H3,(H,20,27). The average Bonchev–Trinajstić information content (AvgIpc) is 3.12. The van der Waals surface area contributed by atoms with E-state index in [1.165, 1.54) is 0 Å². The van der Waals surface area contributed by atoms with E-state index in [1.807, 2.05) is 28.9 Å². The fraction of sp³-hybridized carbons (Fsp3) is 0.444. The summed E-state index contributed by atoms with van der Waals surface area (Å²) >= 11 is 0. The molecule has 3 aromatic rings. The van der Waals surface area contributed by atoms with Crippen LogP contribution in [0, 0.1) is 6.92 Å². The van der Waals surface area contributed by atoms with E-state index in [2.05, 4.69) is 31.0 Å². The normalized spacial score (nSPS) is 19.2. The van der Waals surface area contributed by atoms with Gasteiger partial charge in [-0.1, -0.05) is 5.16 Å². The highest BCUT2D eigenvalue weighted by atomic mass is 16.5. The van der Waals surface area contributed by atoms with Gasteiger partial charge in [0.2, 0.25) is 5.89 Å². The van der Waals surface area contributed by atoms with Gasteiger partial charge in [0, 0.05) is 24.3 Å². The van der Waals surface area contributed by atoms with Crippen molar-refractivity contribution in [3.8, 4) is 11.4 Å². The van der Waals surface area contributed by atoms with Gasteiger partial charge in [-0.2, -0.15) is 4.98 Å². The summed E-state index contributed by atoms with van der Waals surface area (Å²) in [6, 6.07) is 7.87. The first-order chi connectivity index (χ1) is 13.7. The van der Waals surface area contributed by atoms with Crippen LogP contribution in [0.2, 0.25) is 0 Å². The summed E-state index contributed by atoms with van der Waals surface area (Å²) in [7, 11) is 0. The highest BCUT2D eigenvalue weighted by molar-refractivity contribution is 5.89. The second-order valence-corrected chi connectivity index (χ2v) is 7.30. The Morgan fingerprint density at radius 1 is 1.21 bits per heavy atom. The lowest BCUT2D eigenvalue weighted by atomic mass is 10.1. The van der Waals surface area contributed by atoms with Gasteiger partial charge < -0.3 is 14.7 Å². The summed E-state index contributed by atoms with van der Waals surface area (Å²) in [6.07, 6.45) is 3.05. The molecule has 1 aromatic carbocycles. The molecule has 0 spiro atoms. The number of carbonyl (C=O) groups excluding carboxylic acids is 1. The van der Waals surface area contributed by atoms with Gasteiger partial charge in [0.1, 0.15) is 0 Å². The molecule has 2 amide bonds. The molecule has 1 atom stereocenters. The van der Waals surface area contributed by atoms with Crippen molar-refractivity contribution in [3.63, 3.8) is 0 Å². The van der Waals surface area contributed by atoms with Gasteiger partial charge in [0.25, 0.3) is 0 Å². The number of aryl methyl sites for hydroxylation is 1. The van der Waals surface area contributed by atoms with Crippen molar-refractivity contribution in [2.24, 2.45) is 0 Å². The van der Waals surface area contributed by atoms with Crippen LogP contribution < -0.4 is 5.32 Å². The summed E-state index contributed by atoms with van der Waals surface area (Å²) in [5, 5.41) is 18.8. The Bertz CT molecular complexity index is 991. The van der Waals surface area contributed by atoms with Crippen LogP contribution in [0.1, 0.15) is 42.9 Å². The smallest absolute Gasteiger partial charge is 0.321 e. The zero-order valence-corrected chi connectivity index (χ0v) is 15.4. The van der Waals surface area contributed by atoms with Crippen molar-refractivity contribution in [2.45, 2.75) is 38.1 Å². The lowest BCUT2D eigenvalue weighted by molar-refractivity contribution is 0.221. The third-order valence-electron chi connectivity index (χ3n) is 5.15. The second kappa shape index (κ2) is 6.70. The fourth-order valence-electron chi connectivity index (χ4n) is 3.48. The van der Waals surface area contributed by atoms with E-state index >= 15 is 0 Å². The van der Waals surface area contributed by atoms with Crippen LogP contribution in [0.15, 0.2) is 28.8 Å². The summed E-state index contributed by atoms with van der Waals surface area (Å²) in [5.74, 6) is 2.07. The second-order valence-electron chi connectivity index (χ2n) is 7.30. The molecule has 1 aliphatic carbocycles. The molecule has 2 fully saturated rings. The number of tetrazole rings is 1. The fourth-order valence-corrected chi connectivity index (χ4v) is 3.48. The van der Waals surface area contributed by atoms with Gasteiger partial charge in [-0.05, 0) is 60.9 Å². The zero-order chi connectivity index (χ0) is 19.1. The number of anilines is 1. The van der Waals surface area contributed by atoms with E-state index < -0.39 is 0 Å². The van der Waals surface area contributed by atoms with Crippen molar-refractivity contribution in [1.29, 1.82) is 0 Å². The molecule has 3 heterocycles. The maximum Gasteiger partial charge on any atom is 0.321 e. The number of hydrogen-bond donors (Lipinski definition) is 1. The molecule has 0 radical (unpaired) electrons. The Kier molecular flexibility index (Phi) is 4.03. The third-order valence-corrected chi connectivity index (χ3v) is 5.15. The molecule has 1 saturated carbocycles. The minimum Gasteiger partial charge on any atom is -0.339 e. The number of nitrogens with one attached hydrogen (secondary N) is 1. The Morgan fingerprint density at radius 3 is 2.75 bits per heavy atom. The highest BCUT2D eigenvalue weighted by Gasteiger charge is 2.31. The van der Waals surface area contributed by atoms with Gasteiger partial charge in [-0.15, -0.1) is 5.10 Å². The number of rotatable bonds is 4. The molecule has 10 nitrogen and oxygen atoms in total. The Labute approximate surface area is 160 Å². The molecular weight excluding hydrogens is 360 g/mol. The number of nitrogens with zero attached hydrogens (tertiary/aromatic N) is 7. The number of likely N-dealkylation sites (tertiary alicyclic amines) is 1. The Balaban J connectivity index is 1.23. The van der Waals surface area contributed by atoms with E-state index in [4.69, 9.17) is 4.52 Å². The third kappa shape index (κ3) is 3.21. The quantitative estimate of drug-likeness (QED) is 0.739. The molecule has 1 N–H and O–H groups in total. The molecule has 1 unspecified atom stereocenters. The lowest BCUT2D eigenvalue weighted by Gasteiger charge is -2.17. The van der Waals surface area contributed by atoms with Crippen molar-refractivity contribution >= 4 is 11.7 Å². The molecule has 1 aliphatic heterocycles. The predicted octanol–water partition coefficient (Wildman–Crippen LogP) is 2.39. The number of hydrogen-bond acceptors (Lipinski definition) is 7. The van der Waals surface area contributed by atoms with Gasteiger partial charge in [-0.3, -0.25) is 0 Å². The minimum absolute atomic E-state index is 0.0932. The Hall–Kier alpha value is -3.30. The van der Waals surface area contributed by atoms with E-state index in [0.717, 1.165) is 36.3 Å². The predicted molar refractivity (Wildman–Crippen MR) is 98.5 cm³/mol. The summed E-state index contributed by atoms with van der Waals surface area (Å²) in [6.45, 7) is 3.02. The summed E-state index contributed by atoms with van der Waals surface area (Å²) in [5.41, 5.74) is 1.67. The van der Waals surface area contributed by atoms with E-state index in [1.54, 1.807) is 11.8 Å². The molecule has 2 aromatic heterocycles. The molecule has 1 saturated heterocycles. The van der Waals surface area contributed by atoms with Crippen LogP contribution in [-0.4, -0.2) is 54.4 Å². The van der Waals surface area contributed by atoms with Crippen LogP contribution in [-0.2, 0) is 0 Å². The van der Waals surface area contributed by atoms with Crippen LogP contribution in [0.25, 0.3) is 11.4 Å². The molecule has 144 valence electrons. The van der Waals surface area contributed by atoms with Crippen molar-refractivity contribution in [3.05, 3.63) is 36.0 Å². The van der Waals surface area contributed by atoms with Crippen LogP contribution in [0.3, 0.4) is 0 Å². The van der Waals surface area contributed by atoms with E-state index in [-0.39, 0.29) is 11.9 Å². The molecule has 2 aliphatic rings. The topological polar surface area (TPSA) is 115 Å². The number of aromatic nitrogens is 6. The maximum atomic E-state index is 12.6. The summed E-state index contributed by atoms with van der Waals surface area (Å²) < 4.78 is 7.11. The van der Waals surface area contributed by atoms with Crippen molar-refractivity contribution in [2.75, 3.05) is 18.4 Å². The molecule has 0 bridgehead atoms. The number of carbonyl (C=O) groups is 1. The van der Waals surface area contributed by atoms with Crippen LogP contribution in [0.4, 0.5) is 10.5 Å². The van der Waals surface area contributed by atoms with Gasteiger partial charge >= 0.3 is 6.03 Å². The highest BCUT2D eigenvalue weighted by Crippen LogP contribution is 2.36. The zero-order valence-electron chi connectivity index (χ0n) is 15.4. The first-order valence-corrected chi connectivity index (χ1v) is 9.42. The molecule has 5 rings (SSSR count). The minimum atomic E-state index is -0.130. The first-order valence-electron chi connectivity index (χ1n) is 9.42. The number of urea groups is 1. The van der Waals surface area contributed by atoms with Crippen molar-refractivity contribution in [1.82, 2.24) is 35.2 Å².